The van der Waals surface area contributed by atoms with Crippen LogP contribution in [0.3, 0.4) is 0 Å². The predicted octanol–water partition coefficient (Wildman–Crippen LogP) is 0.128. The van der Waals surface area contributed by atoms with Crippen LogP contribution in [-0.2, 0) is 0 Å². The lowest BCUT2D eigenvalue weighted by atomic mass is 10.2. The molecule has 0 heterocycles. The van der Waals surface area contributed by atoms with Gasteiger partial charge in [0.25, 0.3) is 5.91 Å². The zero-order chi connectivity index (χ0) is 18.7. The summed E-state index contributed by atoms with van der Waals surface area (Å²) >= 11 is 5.13. The van der Waals surface area contributed by atoms with Crippen LogP contribution >= 0.6 is 12.2 Å². The molecule has 1 aromatic carbocycles. The molecule has 1 amide bonds. The van der Waals surface area contributed by atoms with Crippen molar-refractivity contribution in [3.05, 3.63) is 23.8 Å². The van der Waals surface area contributed by atoms with Gasteiger partial charge in [-0.1, -0.05) is 6.92 Å². The maximum atomic E-state index is 12.2. The second-order valence-corrected chi connectivity index (χ2v) is 6.27. The van der Waals surface area contributed by atoms with Crippen LogP contribution in [0, 0.1) is 0 Å². The minimum atomic E-state index is -0.303. The minimum Gasteiger partial charge on any atom is -0.493 e. The summed E-state index contributed by atoms with van der Waals surface area (Å²) in [6, 6.07) is 5.04. The second kappa shape index (κ2) is 11.5. The molecular weight excluding hydrogens is 340 g/mol. The molecule has 0 saturated heterocycles. The van der Waals surface area contributed by atoms with E-state index in [1.807, 2.05) is 6.92 Å². The number of ether oxygens (including phenoxy) is 2. The van der Waals surface area contributed by atoms with Gasteiger partial charge in [0.2, 0.25) is 0 Å². The van der Waals surface area contributed by atoms with Crippen molar-refractivity contribution in [2.24, 2.45) is 0 Å². The summed E-state index contributed by atoms with van der Waals surface area (Å²) in [4.78, 5) is 13.6. The standard InChI is InChI=1S/C17H28N4O3S/c1-5-11-24-14-8-7-13(12-15(14)23-4)16(22)19-20-17(25)18-9-6-10-21(2)3/h7-8,12H,5-6,9-11H2,1-4H3,(H,19,22)(H2,18,20,25)/p+1. The van der Waals surface area contributed by atoms with Gasteiger partial charge in [-0.15, -0.1) is 0 Å². The van der Waals surface area contributed by atoms with Crippen LogP contribution in [-0.4, -0.2) is 51.9 Å². The molecule has 0 aliphatic rings. The average molecular weight is 370 g/mol. The van der Waals surface area contributed by atoms with Gasteiger partial charge in [0.1, 0.15) is 0 Å². The van der Waals surface area contributed by atoms with Gasteiger partial charge in [-0.05, 0) is 36.8 Å². The lowest BCUT2D eigenvalue weighted by Gasteiger charge is -2.14. The largest absolute Gasteiger partial charge is 0.493 e. The lowest BCUT2D eigenvalue weighted by Crippen LogP contribution is -3.05. The maximum absolute atomic E-state index is 12.2. The molecule has 0 radical (unpaired) electrons. The van der Waals surface area contributed by atoms with Crippen molar-refractivity contribution in [1.29, 1.82) is 0 Å². The summed E-state index contributed by atoms with van der Waals surface area (Å²) in [7, 11) is 5.75. The van der Waals surface area contributed by atoms with E-state index in [4.69, 9.17) is 21.7 Å². The molecule has 0 aromatic heterocycles. The Morgan fingerprint density at radius 2 is 2.00 bits per heavy atom. The number of hydrogen-bond acceptors (Lipinski definition) is 4. The van der Waals surface area contributed by atoms with Crippen LogP contribution in [0.2, 0.25) is 0 Å². The van der Waals surface area contributed by atoms with Gasteiger partial charge in [-0.3, -0.25) is 15.6 Å². The van der Waals surface area contributed by atoms with Crippen molar-refractivity contribution in [3.8, 4) is 11.5 Å². The summed E-state index contributed by atoms with van der Waals surface area (Å²) in [5, 5.41) is 3.43. The van der Waals surface area contributed by atoms with E-state index in [9.17, 15) is 4.79 Å². The van der Waals surface area contributed by atoms with E-state index in [-0.39, 0.29) is 5.91 Å². The fourth-order valence-corrected chi connectivity index (χ4v) is 2.17. The van der Waals surface area contributed by atoms with Crippen molar-refractivity contribution in [1.82, 2.24) is 16.2 Å². The Morgan fingerprint density at radius 1 is 1.24 bits per heavy atom. The van der Waals surface area contributed by atoms with E-state index in [0.29, 0.717) is 28.8 Å². The first-order valence-corrected chi connectivity index (χ1v) is 8.82. The van der Waals surface area contributed by atoms with E-state index >= 15 is 0 Å². The lowest BCUT2D eigenvalue weighted by molar-refractivity contribution is -0.858. The molecule has 0 unspecified atom stereocenters. The number of hydrazine groups is 1. The maximum Gasteiger partial charge on any atom is 0.269 e. The van der Waals surface area contributed by atoms with Crippen LogP contribution in [0.25, 0.3) is 0 Å². The Bertz CT molecular complexity index is 567. The highest BCUT2D eigenvalue weighted by molar-refractivity contribution is 7.80. The highest BCUT2D eigenvalue weighted by Gasteiger charge is 2.11. The summed E-state index contributed by atoms with van der Waals surface area (Å²) in [5.41, 5.74) is 5.72. The smallest absolute Gasteiger partial charge is 0.269 e. The van der Waals surface area contributed by atoms with E-state index in [0.717, 1.165) is 25.9 Å². The number of quaternary nitrogens is 1. The highest BCUT2D eigenvalue weighted by atomic mass is 32.1. The van der Waals surface area contributed by atoms with Gasteiger partial charge >= 0.3 is 0 Å². The number of carbonyl (C=O) groups excluding carboxylic acids is 1. The van der Waals surface area contributed by atoms with Crippen molar-refractivity contribution < 1.29 is 19.2 Å². The van der Waals surface area contributed by atoms with E-state index in [1.165, 1.54) is 4.90 Å². The molecule has 25 heavy (non-hydrogen) atoms. The normalized spacial score (nSPS) is 10.3. The average Bonchev–Trinajstić information content (AvgIpc) is 2.61. The Labute approximate surface area is 155 Å². The third-order valence-corrected chi connectivity index (χ3v) is 3.56. The molecule has 0 aliphatic heterocycles. The first-order valence-electron chi connectivity index (χ1n) is 8.42. The topological polar surface area (TPSA) is 76.1 Å². The number of methoxy groups -OCH3 is 1. The first kappa shape index (κ1) is 21.0. The third-order valence-electron chi connectivity index (χ3n) is 3.32. The van der Waals surface area contributed by atoms with Gasteiger partial charge in [-0.25, -0.2) is 0 Å². The van der Waals surface area contributed by atoms with Crippen LogP contribution < -0.4 is 30.5 Å². The van der Waals surface area contributed by atoms with Crippen LogP contribution in [0.5, 0.6) is 11.5 Å². The molecule has 7 nitrogen and oxygen atoms in total. The Balaban J connectivity index is 2.47. The zero-order valence-electron chi connectivity index (χ0n) is 15.4. The summed E-state index contributed by atoms with van der Waals surface area (Å²) in [5.74, 6) is 0.837. The Kier molecular flexibility index (Phi) is 9.64. The number of carbonyl (C=O) groups is 1. The minimum absolute atomic E-state index is 0.303. The van der Waals surface area contributed by atoms with Gasteiger partial charge in [0, 0.05) is 18.5 Å². The molecule has 8 heteroatoms. The van der Waals surface area contributed by atoms with Crippen molar-refractivity contribution in [3.63, 3.8) is 0 Å². The molecule has 1 rings (SSSR count). The molecule has 0 saturated carbocycles. The van der Waals surface area contributed by atoms with E-state index < -0.39 is 0 Å². The third kappa shape index (κ3) is 8.04. The second-order valence-electron chi connectivity index (χ2n) is 5.86. The fraction of sp³-hybridized carbons (Fsp3) is 0.529. The highest BCUT2D eigenvalue weighted by Crippen LogP contribution is 2.28. The Morgan fingerprint density at radius 3 is 2.64 bits per heavy atom. The van der Waals surface area contributed by atoms with Crippen LogP contribution in [0.1, 0.15) is 30.1 Å². The summed E-state index contributed by atoms with van der Waals surface area (Å²) < 4.78 is 10.9. The monoisotopic (exact) mass is 369 g/mol. The number of thiocarbonyl (C=S) groups is 1. The molecule has 0 bridgehead atoms. The number of nitrogens with one attached hydrogen (secondary N) is 4. The number of rotatable bonds is 9. The first-order chi connectivity index (χ1) is 12.0. The van der Waals surface area contributed by atoms with Crippen molar-refractivity contribution in [2.45, 2.75) is 19.8 Å². The molecule has 0 aliphatic carbocycles. The van der Waals surface area contributed by atoms with Crippen molar-refractivity contribution in [2.75, 3.05) is 40.9 Å². The molecule has 0 spiro atoms. The zero-order valence-corrected chi connectivity index (χ0v) is 16.2. The number of amides is 1. The molecule has 4 N–H and O–H groups in total. The van der Waals surface area contributed by atoms with Gasteiger partial charge in [0.05, 0.1) is 34.4 Å². The Hall–Kier alpha value is -2.06. The quantitative estimate of drug-likeness (QED) is 0.282. The van der Waals surface area contributed by atoms with Crippen molar-refractivity contribution >= 4 is 23.2 Å². The molecule has 1 aromatic rings. The van der Waals surface area contributed by atoms with Gasteiger partial charge in [0.15, 0.2) is 16.6 Å². The van der Waals surface area contributed by atoms with E-state index in [1.54, 1.807) is 25.3 Å². The fourth-order valence-electron chi connectivity index (χ4n) is 2.01. The molecule has 0 atom stereocenters. The molecule has 140 valence electrons. The predicted molar refractivity (Wildman–Crippen MR) is 102 cm³/mol. The van der Waals surface area contributed by atoms with Crippen LogP contribution in [0.4, 0.5) is 0 Å². The molecular formula is C17H29N4O3S+. The number of hydrogen-bond donors (Lipinski definition) is 4. The number of benzene rings is 1. The summed E-state index contributed by atoms with van der Waals surface area (Å²) in [6.07, 6.45) is 1.89. The SMILES string of the molecule is CCCOc1ccc(C(=O)NNC(=S)NCCC[NH+](C)C)cc1OC. The van der Waals surface area contributed by atoms with Gasteiger partial charge in [-0.2, -0.15) is 0 Å². The molecule has 0 fully saturated rings. The van der Waals surface area contributed by atoms with E-state index in [2.05, 4.69) is 30.3 Å². The summed E-state index contributed by atoms with van der Waals surface area (Å²) in [6.45, 7) is 4.43. The van der Waals surface area contributed by atoms with Crippen LogP contribution in [0.15, 0.2) is 18.2 Å². The van der Waals surface area contributed by atoms with Gasteiger partial charge < -0.3 is 19.7 Å².